The van der Waals surface area contributed by atoms with E-state index in [1.807, 2.05) is 29.3 Å². The van der Waals surface area contributed by atoms with Gasteiger partial charge in [-0.05, 0) is 27.2 Å². The Morgan fingerprint density at radius 3 is 2.72 bits per heavy atom. The molecule has 0 aliphatic carbocycles. The largest absolute Gasteiger partial charge is 0.342 e. The molecule has 0 aromatic carbocycles. The monoisotopic (exact) mass is 407 g/mol. The summed E-state index contributed by atoms with van der Waals surface area (Å²) in [6.07, 6.45) is 8.15. The van der Waals surface area contributed by atoms with Crippen molar-refractivity contribution in [2.45, 2.75) is 46.2 Å². The van der Waals surface area contributed by atoms with E-state index in [0.717, 1.165) is 40.4 Å². The zero-order valence-electron chi connectivity index (χ0n) is 16.7. The lowest BCUT2D eigenvalue weighted by atomic mass is 10.1. The fourth-order valence-electron chi connectivity index (χ4n) is 3.93. The van der Waals surface area contributed by atoms with Crippen molar-refractivity contribution in [1.82, 2.24) is 39.3 Å². The van der Waals surface area contributed by atoms with Crippen LogP contribution in [-0.2, 0) is 0 Å². The van der Waals surface area contributed by atoms with Crippen LogP contribution in [0.3, 0.4) is 0 Å². The smallest absolute Gasteiger partial charge is 0.237 e. The van der Waals surface area contributed by atoms with Crippen LogP contribution in [0, 0.1) is 6.92 Å². The Morgan fingerprint density at radius 2 is 2.00 bits per heavy atom. The van der Waals surface area contributed by atoms with Crippen molar-refractivity contribution in [1.29, 1.82) is 0 Å². The maximum absolute atomic E-state index is 4.98. The molecule has 4 aromatic heterocycles. The van der Waals surface area contributed by atoms with Crippen LogP contribution in [0.2, 0.25) is 0 Å². The Kier molecular flexibility index (Phi) is 4.16. The van der Waals surface area contributed by atoms with Crippen molar-refractivity contribution >= 4 is 17.2 Å². The van der Waals surface area contributed by atoms with Gasteiger partial charge in [-0.25, -0.2) is 15.0 Å². The minimum Gasteiger partial charge on any atom is -0.342 e. The summed E-state index contributed by atoms with van der Waals surface area (Å²) >= 11 is 1.54. The van der Waals surface area contributed by atoms with Crippen LogP contribution in [-0.4, -0.2) is 45.3 Å². The molecular formula is C19H21N9S. The van der Waals surface area contributed by atoms with Gasteiger partial charge in [0.2, 0.25) is 5.95 Å². The molecule has 1 atom stereocenters. The second-order valence-corrected chi connectivity index (χ2v) is 8.10. The average Bonchev–Trinajstić information content (AvgIpc) is 3.46. The third-order valence-corrected chi connectivity index (χ3v) is 5.90. The Bertz CT molecular complexity index is 1160. The zero-order valence-corrected chi connectivity index (χ0v) is 17.5. The van der Waals surface area contributed by atoms with Gasteiger partial charge < -0.3 is 4.90 Å². The molecular weight excluding hydrogens is 386 g/mol. The minimum atomic E-state index is 0.104. The van der Waals surface area contributed by atoms with E-state index in [1.165, 1.54) is 0 Å². The van der Waals surface area contributed by atoms with Crippen LogP contribution < -0.4 is 4.90 Å². The standard InChI is InChI=1S/C19H21N9S/c1-5-13-16-25-24-12(4)28(16)14-10-22-19(23-15(14)27(13)11(2)3)26-8-6-20-17(26)18-21-7-9-29-18/h6-11,13H,5H2,1-4H3. The summed E-state index contributed by atoms with van der Waals surface area (Å²) in [5, 5.41) is 11.5. The molecule has 5 heterocycles. The Morgan fingerprint density at radius 1 is 1.14 bits per heavy atom. The summed E-state index contributed by atoms with van der Waals surface area (Å²) in [6.45, 7) is 8.47. The number of thiazole rings is 1. The van der Waals surface area contributed by atoms with Gasteiger partial charge in [0.1, 0.15) is 11.5 Å². The topological polar surface area (TPSA) is 90.4 Å². The molecule has 1 unspecified atom stereocenters. The van der Waals surface area contributed by atoms with Gasteiger partial charge in [-0.1, -0.05) is 6.92 Å². The van der Waals surface area contributed by atoms with Gasteiger partial charge in [-0.2, -0.15) is 4.98 Å². The van der Waals surface area contributed by atoms with E-state index >= 15 is 0 Å². The molecule has 0 saturated heterocycles. The fraction of sp³-hybridized carbons (Fsp3) is 0.368. The molecule has 29 heavy (non-hydrogen) atoms. The van der Waals surface area contributed by atoms with Crippen LogP contribution in [0.4, 0.5) is 5.82 Å². The lowest BCUT2D eigenvalue weighted by molar-refractivity contribution is 0.496. The van der Waals surface area contributed by atoms with Crippen LogP contribution in [0.25, 0.3) is 22.5 Å². The first-order chi connectivity index (χ1) is 14.1. The van der Waals surface area contributed by atoms with E-state index in [-0.39, 0.29) is 12.1 Å². The highest BCUT2D eigenvalue weighted by Gasteiger charge is 2.36. The maximum Gasteiger partial charge on any atom is 0.237 e. The first-order valence-corrected chi connectivity index (χ1v) is 10.5. The van der Waals surface area contributed by atoms with Gasteiger partial charge in [0.05, 0.1) is 12.2 Å². The van der Waals surface area contributed by atoms with E-state index in [0.29, 0.717) is 5.95 Å². The Labute approximate surface area is 172 Å². The minimum absolute atomic E-state index is 0.104. The number of imidazole rings is 1. The van der Waals surface area contributed by atoms with Crippen molar-refractivity contribution in [3.05, 3.63) is 41.8 Å². The molecule has 0 saturated carbocycles. The molecule has 1 aliphatic rings. The van der Waals surface area contributed by atoms with Gasteiger partial charge in [-0.15, -0.1) is 21.5 Å². The van der Waals surface area contributed by atoms with Crippen molar-refractivity contribution in [2.24, 2.45) is 0 Å². The Balaban J connectivity index is 1.71. The molecule has 5 rings (SSSR count). The Hall–Kier alpha value is -3.14. The fourth-order valence-corrected chi connectivity index (χ4v) is 4.55. The molecule has 0 N–H and O–H groups in total. The third-order valence-electron chi connectivity index (χ3n) is 5.13. The molecule has 0 spiro atoms. The van der Waals surface area contributed by atoms with Gasteiger partial charge in [0, 0.05) is 30.0 Å². The van der Waals surface area contributed by atoms with Crippen LogP contribution in [0.1, 0.15) is 44.9 Å². The van der Waals surface area contributed by atoms with Crippen LogP contribution >= 0.6 is 11.3 Å². The molecule has 9 nitrogen and oxygen atoms in total. The maximum atomic E-state index is 4.98. The quantitative estimate of drug-likeness (QED) is 0.512. The first-order valence-electron chi connectivity index (χ1n) is 9.61. The van der Waals surface area contributed by atoms with E-state index in [1.54, 1.807) is 23.7 Å². The van der Waals surface area contributed by atoms with Gasteiger partial charge in [-0.3, -0.25) is 9.13 Å². The van der Waals surface area contributed by atoms with Crippen molar-refractivity contribution in [2.75, 3.05) is 4.90 Å². The number of aryl methyl sites for hydroxylation is 1. The molecule has 0 bridgehead atoms. The first kappa shape index (κ1) is 17.9. The zero-order chi connectivity index (χ0) is 20.1. The molecule has 148 valence electrons. The summed E-state index contributed by atoms with van der Waals surface area (Å²) in [4.78, 5) is 20.8. The van der Waals surface area contributed by atoms with E-state index < -0.39 is 0 Å². The van der Waals surface area contributed by atoms with E-state index in [9.17, 15) is 0 Å². The van der Waals surface area contributed by atoms with Crippen molar-refractivity contribution in [3.63, 3.8) is 0 Å². The number of aromatic nitrogens is 8. The SMILES string of the molecule is CCC1c2nnc(C)n2-c2cnc(-n3ccnc3-c3nccs3)nc2N1C(C)C. The predicted molar refractivity (Wildman–Crippen MR) is 111 cm³/mol. The number of nitrogens with zero attached hydrogens (tertiary/aromatic N) is 9. The third kappa shape index (κ3) is 2.66. The molecule has 0 fully saturated rings. The highest BCUT2D eigenvalue weighted by Crippen LogP contribution is 2.40. The lowest BCUT2D eigenvalue weighted by Crippen LogP contribution is -2.40. The van der Waals surface area contributed by atoms with Gasteiger partial charge in [0.15, 0.2) is 22.5 Å². The lowest BCUT2D eigenvalue weighted by Gasteiger charge is -2.39. The second kappa shape index (κ2) is 6.73. The van der Waals surface area contributed by atoms with Crippen LogP contribution in [0.15, 0.2) is 30.2 Å². The second-order valence-electron chi connectivity index (χ2n) is 7.20. The van der Waals surface area contributed by atoms with Crippen molar-refractivity contribution < 1.29 is 0 Å². The number of rotatable bonds is 4. The van der Waals surface area contributed by atoms with Crippen LogP contribution in [0.5, 0.6) is 0 Å². The highest BCUT2D eigenvalue weighted by atomic mass is 32.1. The van der Waals surface area contributed by atoms with Gasteiger partial charge >= 0.3 is 0 Å². The molecule has 4 aromatic rings. The van der Waals surface area contributed by atoms with Crippen molar-refractivity contribution in [3.8, 4) is 22.5 Å². The number of anilines is 1. The highest BCUT2D eigenvalue weighted by molar-refractivity contribution is 7.13. The van der Waals surface area contributed by atoms with E-state index in [2.05, 4.69) is 55.4 Å². The summed E-state index contributed by atoms with van der Waals surface area (Å²) in [5.41, 5.74) is 0.903. The summed E-state index contributed by atoms with van der Waals surface area (Å²) in [6, 6.07) is 0.348. The van der Waals surface area contributed by atoms with Gasteiger partial charge in [0.25, 0.3) is 0 Å². The molecule has 0 amide bonds. The summed E-state index contributed by atoms with van der Waals surface area (Å²) < 4.78 is 3.95. The predicted octanol–water partition coefficient (Wildman–Crippen LogP) is 3.35. The number of fused-ring (bicyclic) bond motifs is 3. The number of hydrogen-bond acceptors (Lipinski definition) is 8. The number of hydrogen-bond donors (Lipinski definition) is 0. The molecule has 10 heteroatoms. The average molecular weight is 408 g/mol. The summed E-state index contributed by atoms with van der Waals surface area (Å²) in [7, 11) is 0. The summed E-state index contributed by atoms with van der Waals surface area (Å²) in [5.74, 6) is 3.96. The molecule has 1 aliphatic heterocycles. The normalized spacial score (nSPS) is 15.6. The van der Waals surface area contributed by atoms with E-state index in [4.69, 9.17) is 4.98 Å². The molecule has 0 radical (unpaired) electrons.